The summed E-state index contributed by atoms with van der Waals surface area (Å²) in [4.78, 5) is 0. The van der Waals surface area contributed by atoms with Crippen LogP contribution in [0.5, 0.6) is 0 Å². The molecule has 0 N–H and O–H groups in total. The van der Waals surface area contributed by atoms with Crippen LogP contribution in [-0.4, -0.2) is 12.3 Å². The number of rotatable bonds is 4. The maximum atomic E-state index is 13.1. The highest BCUT2D eigenvalue weighted by atomic mass is 31.2. The van der Waals surface area contributed by atoms with Crippen LogP contribution in [0, 0.1) is 5.41 Å². The van der Waals surface area contributed by atoms with Crippen molar-refractivity contribution in [1.29, 1.82) is 0 Å². The summed E-state index contributed by atoms with van der Waals surface area (Å²) >= 11 is 0. The van der Waals surface area contributed by atoms with Crippen molar-refractivity contribution in [3.05, 3.63) is 0 Å². The van der Waals surface area contributed by atoms with Crippen LogP contribution in [0.1, 0.15) is 47.5 Å². The lowest BCUT2D eigenvalue weighted by molar-refractivity contribution is -0.0419. The lowest BCUT2D eigenvalue weighted by Gasteiger charge is -2.43. The van der Waals surface area contributed by atoms with E-state index >= 15 is 0 Å². The summed E-state index contributed by atoms with van der Waals surface area (Å²) in [5.74, 6) is 0. The minimum Gasteiger partial charge on any atom is -0.299 e. The average molecular weight is 224 g/mol. The van der Waals surface area contributed by atoms with Gasteiger partial charge in [-0.1, -0.05) is 34.6 Å². The predicted octanol–water partition coefficient (Wildman–Crippen LogP) is 4.40. The van der Waals surface area contributed by atoms with Crippen molar-refractivity contribution in [2.75, 3.05) is 6.66 Å². The zero-order valence-corrected chi connectivity index (χ0v) is 11.0. The largest absolute Gasteiger partial charge is 0.365 e. The van der Waals surface area contributed by atoms with E-state index in [-0.39, 0.29) is 5.41 Å². The van der Waals surface area contributed by atoms with Crippen LogP contribution >= 0.6 is 7.68 Å². The van der Waals surface area contributed by atoms with Gasteiger partial charge in [0.25, 0.3) is 0 Å². The van der Waals surface area contributed by atoms with Crippen LogP contribution in [0.4, 0.5) is 4.20 Å². The van der Waals surface area contributed by atoms with E-state index in [1.807, 2.05) is 34.6 Å². The molecule has 14 heavy (non-hydrogen) atoms. The fraction of sp³-hybridized carbons (Fsp3) is 1.00. The first-order valence-electron chi connectivity index (χ1n) is 5.06. The van der Waals surface area contributed by atoms with E-state index in [1.165, 1.54) is 0 Å². The Kier molecular flexibility index (Phi) is 4.36. The highest BCUT2D eigenvalue weighted by Gasteiger charge is 2.44. The molecule has 0 aromatic rings. The minimum atomic E-state index is -3.92. The summed E-state index contributed by atoms with van der Waals surface area (Å²) in [7, 11) is -3.92. The quantitative estimate of drug-likeness (QED) is 0.661. The standard InChI is InChI=1S/C10H22FO2P/c1-7-10(8-2,9(3,4)5)13-14(6,11)12/h7-8H2,1-6H3. The van der Waals surface area contributed by atoms with Crippen LogP contribution in [0.25, 0.3) is 0 Å². The zero-order valence-electron chi connectivity index (χ0n) is 10.1. The average Bonchev–Trinajstić information content (AvgIpc) is 1.96. The first-order chi connectivity index (χ1) is 6.08. The Hall–Kier alpha value is 0.120. The molecule has 2 nitrogen and oxygen atoms in total. The van der Waals surface area contributed by atoms with Gasteiger partial charge in [0, 0.05) is 6.66 Å². The predicted molar refractivity (Wildman–Crippen MR) is 58.5 cm³/mol. The van der Waals surface area contributed by atoms with Gasteiger partial charge in [0.15, 0.2) is 0 Å². The summed E-state index contributed by atoms with van der Waals surface area (Å²) in [5, 5.41) is 0. The fourth-order valence-corrected chi connectivity index (χ4v) is 3.05. The third kappa shape index (κ3) is 3.36. The Labute approximate surface area is 86.8 Å². The first kappa shape index (κ1) is 14.1. The van der Waals surface area contributed by atoms with Gasteiger partial charge in [-0.2, -0.15) is 4.20 Å². The van der Waals surface area contributed by atoms with Crippen molar-refractivity contribution >= 4 is 7.68 Å². The first-order valence-corrected chi connectivity index (χ1v) is 7.02. The van der Waals surface area contributed by atoms with E-state index in [9.17, 15) is 8.76 Å². The van der Waals surface area contributed by atoms with Crippen molar-refractivity contribution < 1.29 is 13.3 Å². The summed E-state index contributed by atoms with van der Waals surface area (Å²) in [6.07, 6.45) is 1.32. The molecule has 1 atom stereocenters. The molecule has 1 unspecified atom stereocenters. The van der Waals surface area contributed by atoms with E-state index in [4.69, 9.17) is 4.52 Å². The fourth-order valence-electron chi connectivity index (χ4n) is 1.89. The lowest BCUT2D eigenvalue weighted by Crippen LogP contribution is -2.43. The highest BCUT2D eigenvalue weighted by Crippen LogP contribution is 2.54. The van der Waals surface area contributed by atoms with Crippen molar-refractivity contribution in [2.24, 2.45) is 5.41 Å². The van der Waals surface area contributed by atoms with Crippen molar-refractivity contribution in [3.63, 3.8) is 0 Å². The minimum absolute atomic E-state index is 0.214. The van der Waals surface area contributed by atoms with Crippen LogP contribution in [0.3, 0.4) is 0 Å². The second-order valence-electron chi connectivity index (χ2n) is 4.79. The summed E-state index contributed by atoms with van der Waals surface area (Å²) in [5.41, 5.74) is -0.847. The molecular formula is C10H22FO2P. The van der Waals surface area contributed by atoms with E-state index in [1.54, 1.807) is 0 Å². The number of hydrogen-bond donors (Lipinski definition) is 0. The van der Waals surface area contributed by atoms with Crippen molar-refractivity contribution in [1.82, 2.24) is 0 Å². The Morgan fingerprint density at radius 3 is 1.64 bits per heavy atom. The SMILES string of the molecule is CCC(CC)(OP(C)(=O)F)C(C)(C)C. The molecule has 0 rings (SSSR count). The molecule has 0 aliphatic rings. The van der Waals surface area contributed by atoms with Gasteiger partial charge in [-0.25, -0.2) is 0 Å². The van der Waals surface area contributed by atoms with Gasteiger partial charge in [-0.3, -0.25) is 9.09 Å². The number of halogens is 1. The maximum absolute atomic E-state index is 13.1. The Morgan fingerprint density at radius 2 is 1.57 bits per heavy atom. The molecule has 0 spiro atoms. The van der Waals surface area contributed by atoms with Gasteiger partial charge in [0.2, 0.25) is 0 Å². The Balaban J connectivity index is 5.01. The summed E-state index contributed by atoms with van der Waals surface area (Å²) in [6.45, 7) is 10.8. The van der Waals surface area contributed by atoms with Gasteiger partial charge in [-0.15, -0.1) is 0 Å². The maximum Gasteiger partial charge on any atom is 0.365 e. The van der Waals surface area contributed by atoms with Crippen LogP contribution in [0.15, 0.2) is 0 Å². The molecule has 0 aromatic carbocycles. The molecule has 0 amide bonds. The molecule has 0 fully saturated rings. The van der Waals surface area contributed by atoms with Crippen molar-refractivity contribution in [2.45, 2.75) is 53.1 Å². The Bertz CT molecular complexity index is 223. The van der Waals surface area contributed by atoms with E-state index in [0.29, 0.717) is 12.8 Å². The molecule has 0 heterocycles. The smallest absolute Gasteiger partial charge is 0.299 e. The van der Waals surface area contributed by atoms with Crippen LogP contribution < -0.4 is 0 Å². The molecule has 0 saturated heterocycles. The van der Waals surface area contributed by atoms with Gasteiger partial charge < -0.3 is 0 Å². The molecule has 0 aromatic heterocycles. The molecule has 0 bridgehead atoms. The molecule has 0 aliphatic carbocycles. The monoisotopic (exact) mass is 224 g/mol. The van der Waals surface area contributed by atoms with Gasteiger partial charge in [0.05, 0.1) is 5.60 Å². The van der Waals surface area contributed by atoms with Crippen molar-refractivity contribution in [3.8, 4) is 0 Å². The van der Waals surface area contributed by atoms with Crippen LogP contribution in [-0.2, 0) is 9.09 Å². The topological polar surface area (TPSA) is 26.3 Å². The van der Waals surface area contributed by atoms with Crippen LogP contribution in [0.2, 0.25) is 0 Å². The van der Waals surface area contributed by atoms with E-state index in [2.05, 4.69) is 0 Å². The second-order valence-corrected chi connectivity index (χ2v) is 6.47. The molecular weight excluding hydrogens is 202 g/mol. The van der Waals surface area contributed by atoms with E-state index in [0.717, 1.165) is 6.66 Å². The molecule has 86 valence electrons. The Morgan fingerprint density at radius 1 is 1.21 bits per heavy atom. The van der Waals surface area contributed by atoms with Gasteiger partial charge >= 0.3 is 7.68 Å². The third-order valence-corrected chi connectivity index (χ3v) is 3.52. The highest BCUT2D eigenvalue weighted by molar-refractivity contribution is 7.52. The lowest BCUT2D eigenvalue weighted by atomic mass is 9.73. The molecule has 0 aliphatic heterocycles. The second kappa shape index (κ2) is 4.32. The summed E-state index contributed by atoms with van der Waals surface area (Å²) < 4.78 is 29.4. The summed E-state index contributed by atoms with van der Waals surface area (Å²) in [6, 6.07) is 0. The molecule has 4 heteroatoms. The molecule has 0 saturated carbocycles. The molecule has 0 radical (unpaired) electrons. The third-order valence-electron chi connectivity index (χ3n) is 2.85. The van der Waals surface area contributed by atoms with E-state index < -0.39 is 13.3 Å². The normalized spacial score (nSPS) is 17.9. The number of hydrogen-bond acceptors (Lipinski definition) is 2. The van der Waals surface area contributed by atoms with Gasteiger partial charge in [-0.05, 0) is 18.3 Å². The van der Waals surface area contributed by atoms with Gasteiger partial charge in [0.1, 0.15) is 0 Å². The zero-order chi connectivity index (χ0) is 11.6.